The molecule has 0 aliphatic heterocycles. The van der Waals surface area contributed by atoms with Crippen LogP contribution in [0.5, 0.6) is 0 Å². The Balaban J connectivity index is 0.000000750. The van der Waals surface area contributed by atoms with Gasteiger partial charge in [0, 0.05) is 22.4 Å². The van der Waals surface area contributed by atoms with Gasteiger partial charge in [-0.3, -0.25) is 0 Å². The topological polar surface area (TPSA) is 0 Å². The van der Waals surface area contributed by atoms with E-state index in [1.807, 2.05) is 0 Å². The molecule has 0 bridgehead atoms. The minimum absolute atomic E-state index is 0. The largest absolute Gasteiger partial charge is 0.0619 e. The average molecular weight is 363 g/mol. The Morgan fingerprint density at radius 3 is 1.57 bits per heavy atom. The maximum atomic E-state index is 2.22. The summed E-state index contributed by atoms with van der Waals surface area (Å²) in [6, 6.07) is 17.3. The zero-order valence-corrected chi connectivity index (χ0v) is 9.79. The molecule has 2 aromatic carbocycles. The fourth-order valence-electron chi connectivity index (χ4n) is 2.08. The van der Waals surface area contributed by atoms with Crippen LogP contribution < -0.4 is 0 Å². The van der Waals surface area contributed by atoms with Gasteiger partial charge in [0.15, 0.2) is 0 Å². The molecule has 14 heavy (non-hydrogen) atoms. The Kier molecular flexibility index (Phi) is 2.60. The van der Waals surface area contributed by atoms with Crippen LogP contribution in [0.2, 0.25) is 0 Å². The van der Waals surface area contributed by atoms with Crippen LogP contribution in [0.3, 0.4) is 0 Å². The maximum absolute atomic E-state index is 2.22. The van der Waals surface area contributed by atoms with Gasteiger partial charge in [-0.2, -0.15) is 0 Å². The summed E-state index contributed by atoms with van der Waals surface area (Å²) in [5.74, 6) is 0. The minimum Gasteiger partial charge on any atom is -0.0619 e. The quantitative estimate of drug-likeness (QED) is 0.538. The van der Waals surface area contributed by atoms with Crippen molar-refractivity contribution in [3.8, 4) is 11.1 Å². The molecule has 0 atom stereocenters. The van der Waals surface area contributed by atoms with Crippen LogP contribution in [0.25, 0.3) is 11.1 Å². The molecular formula is C13H10Au. The Hall–Kier alpha value is -0.820. The fraction of sp³-hybridized carbons (Fsp3) is 0.0769. The molecule has 0 saturated heterocycles. The predicted molar refractivity (Wildman–Crippen MR) is 54.7 cm³/mol. The first kappa shape index (κ1) is 9.72. The zero-order valence-electron chi connectivity index (χ0n) is 7.63. The van der Waals surface area contributed by atoms with E-state index in [0.717, 1.165) is 6.42 Å². The first-order chi connectivity index (χ1) is 6.45. The van der Waals surface area contributed by atoms with Crippen LogP contribution in [0.1, 0.15) is 11.1 Å². The van der Waals surface area contributed by atoms with Crippen LogP contribution in [-0.2, 0) is 28.8 Å². The van der Waals surface area contributed by atoms with Gasteiger partial charge in [-0.05, 0) is 28.7 Å². The molecule has 0 aromatic heterocycles. The molecule has 73 valence electrons. The normalized spacial score (nSPS) is 11.4. The molecule has 3 rings (SSSR count). The third-order valence-corrected chi connectivity index (χ3v) is 2.71. The van der Waals surface area contributed by atoms with Crippen molar-refractivity contribution in [2.24, 2.45) is 0 Å². The number of hydrogen-bond acceptors (Lipinski definition) is 0. The summed E-state index contributed by atoms with van der Waals surface area (Å²) in [5, 5.41) is 0. The summed E-state index contributed by atoms with van der Waals surface area (Å²) in [6.45, 7) is 0. The Labute approximate surface area is 99.5 Å². The molecule has 0 nitrogen and oxygen atoms in total. The molecular weight excluding hydrogens is 353 g/mol. The SMILES string of the molecule is [Au].c1ccc2c(c1)Cc1ccccc1-2. The molecule has 1 heteroatoms. The van der Waals surface area contributed by atoms with Gasteiger partial charge in [-0.1, -0.05) is 48.5 Å². The van der Waals surface area contributed by atoms with Crippen molar-refractivity contribution >= 4 is 0 Å². The molecule has 0 unspecified atom stereocenters. The molecule has 0 heterocycles. The van der Waals surface area contributed by atoms with Gasteiger partial charge < -0.3 is 0 Å². The molecule has 0 fully saturated rings. The average Bonchev–Trinajstić information content (AvgIpc) is 2.56. The molecule has 0 spiro atoms. The maximum Gasteiger partial charge on any atom is 0 e. The number of hydrogen-bond donors (Lipinski definition) is 0. The first-order valence-electron chi connectivity index (χ1n) is 4.61. The smallest absolute Gasteiger partial charge is 0 e. The third-order valence-electron chi connectivity index (χ3n) is 2.71. The van der Waals surface area contributed by atoms with Crippen molar-refractivity contribution < 1.29 is 22.4 Å². The van der Waals surface area contributed by atoms with E-state index in [9.17, 15) is 0 Å². The van der Waals surface area contributed by atoms with Crippen molar-refractivity contribution in [3.05, 3.63) is 59.7 Å². The van der Waals surface area contributed by atoms with Crippen LogP contribution >= 0.6 is 0 Å². The van der Waals surface area contributed by atoms with Gasteiger partial charge in [-0.15, -0.1) is 0 Å². The molecule has 0 N–H and O–H groups in total. The summed E-state index contributed by atoms with van der Waals surface area (Å²) in [7, 11) is 0. The Morgan fingerprint density at radius 1 is 0.643 bits per heavy atom. The second-order valence-corrected chi connectivity index (χ2v) is 3.49. The van der Waals surface area contributed by atoms with E-state index >= 15 is 0 Å². The van der Waals surface area contributed by atoms with E-state index in [2.05, 4.69) is 48.5 Å². The Bertz CT molecular complexity index is 417. The standard InChI is InChI=1S/C13H10.Au/c1-3-7-12-10(5-1)9-11-6-2-4-8-13(11)12;/h1-8H,9H2;. The number of fused-ring (bicyclic) bond motifs is 3. The van der Waals surface area contributed by atoms with E-state index in [0.29, 0.717) is 0 Å². The number of rotatable bonds is 0. The van der Waals surface area contributed by atoms with Crippen molar-refractivity contribution in [1.82, 2.24) is 0 Å². The van der Waals surface area contributed by atoms with Crippen LogP contribution in [0.4, 0.5) is 0 Å². The summed E-state index contributed by atoms with van der Waals surface area (Å²) >= 11 is 0. The van der Waals surface area contributed by atoms with Crippen molar-refractivity contribution in [1.29, 1.82) is 0 Å². The van der Waals surface area contributed by atoms with E-state index < -0.39 is 0 Å². The minimum atomic E-state index is 0. The van der Waals surface area contributed by atoms with Gasteiger partial charge in [0.05, 0.1) is 0 Å². The van der Waals surface area contributed by atoms with Crippen molar-refractivity contribution in [2.45, 2.75) is 6.42 Å². The van der Waals surface area contributed by atoms with Gasteiger partial charge in [0.1, 0.15) is 0 Å². The van der Waals surface area contributed by atoms with Crippen LogP contribution in [0, 0.1) is 0 Å². The van der Waals surface area contributed by atoms with Crippen LogP contribution in [-0.4, -0.2) is 0 Å². The molecule has 1 aliphatic rings. The van der Waals surface area contributed by atoms with E-state index in [1.54, 1.807) is 0 Å². The molecule has 0 saturated carbocycles. The zero-order chi connectivity index (χ0) is 8.67. The van der Waals surface area contributed by atoms with Gasteiger partial charge in [0.25, 0.3) is 0 Å². The van der Waals surface area contributed by atoms with Gasteiger partial charge in [-0.25, -0.2) is 0 Å². The van der Waals surface area contributed by atoms with E-state index in [-0.39, 0.29) is 22.4 Å². The van der Waals surface area contributed by atoms with Crippen molar-refractivity contribution in [2.75, 3.05) is 0 Å². The molecule has 2 aromatic rings. The van der Waals surface area contributed by atoms with Gasteiger partial charge in [0.2, 0.25) is 0 Å². The Morgan fingerprint density at radius 2 is 1.07 bits per heavy atom. The second-order valence-electron chi connectivity index (χ2n) is 3.49. The molecule has 1 radical (unpaired) electrons. The van der Waals surface area contributed by atoms with Crippen molar-refractivity contribution in [3.63, 3.8) is 0 Å². The van der Waals surface area contributed by atoms with Gasteiger partial charge >= 0.3 is 0 Å². The molecule has 1 aliphatic carbocycles. The van der Waals surface area contributed by atoms with E-state index in [1.165, 1.54) is 22.3 Å². The summed E-state index contributed by atoms with van der Waals surface area (Å²) in [6.07, 6.45) is 1.10. The fourth-order valence-corrected chi connectivity index (χ4v) is 2.08. The van der Waals surface area contributed by atoms with E-state index in [4.69, 9.17) is 0 Å². The first-order valence-corrected chi connectivity index (χ1v) is 4.61. The monoisotopic (exact) mass is 363 g/mol. The predicted octanol–water partition coefficient (Wildman–Crippen LogP) is 3.26. The summed E-state index contributed by atoms with van der Waals surface area (Å²) in [4.78, 5) is 0. The summed E-state index contributed by atoms with van der Waals surface area (Å²) in [5.41, 5.74) is 5.75. The van der Waals surface area contributed by atoms with Crippen LogP contribution in [0.15, 0.2) is 48.5 Å². The third kappa shape index (κ3) is 1.36. The molecule has 0 amide bonds. The second kappa shape index (κ2) is 3.74. The number of benzene rings is 2. The summed E-state index contributed by atoms with van der Waals surface area (Å²) < 4.78 is 0.